The monoisotopic (exact) mass is 228 g/mol. The molecule has 1 aromatic rings. The predicted molar refractivity (Wildman–Crippen MR) is 62.9 cm³/mol. The Labute approximate surface area is 95.1 Å². The van der Waals surface area contributed by atoms with E-state index in [9.17, 15) is 8.78 Å². The van der Waals surface area contributed by atoms with Crippen molar-refractivity contribution in [1.29, 1.82) is 0 Å². The Morgan fingerprint density at radius 3 is 2.50 bits per heavy atom. The van der Waals surface area contributed by atoms with E-state index in [-0.39, 0.29) is 12.6 Å². The number of para-hydroxylation sites is 1. The molecule has 0 aliphatic carbocycles. The molecule has 0 spiro atoms. The van der Waals surface area contributed by atoms with Crippen LogP contribution in [0, 0.1) is 0 Å². The molecule has 2 N–H and O–H groups in total. The van der Waals surface area contributed by atoms with Crippen molar-refractivity contribution in [3.63, 3.8) is 0 Å². The Morgan fingerprint density at radius 2 is 1.94 bits per heavy atom. The molecule has 0 unspecified atom stereocenters. The minimum absolute atomic E-state index is 0.101. The second kappa shape index (κ2) is 5.80. The van der Waals surface area contributed by atoms with E-state index in [1.807, 2.05) is 31.2 Å². The zero-order valence-electron chi connectivity index (χ0n) is 9.66. The zero-order valence-corrected chi connectivity index (χ0v) is 9.66. The van der Waals surface area contributed by atoms with Gasteiger partial charge in [0.25, 0.3) is 6.43 Å². The van der Waals surface area contributed by atoms with E-state index in [1.165, 1.54) is 0 Å². The first-order valence-electron chi connectivity index (χ1n) is 5.40. The number of benzene rings is 1. The summed E-state index contributed by atoms with van der Waals surface area (Å²) in [5, 5.41) is 0. The zero-order chi connectivity index (χ0) is 12.1. The third kappa shape index (κ3) is 3.17. The molecule has 0 aromatic heterocycles. The highest BCUT2D eigenvalue weighted by molar-refractivity contribution is 5.54. The maximum atomic E-state index is 12.3. The Hall–Kier alpha value is -1.16. The summed E-state index contributed by atoms with van der Waals surface area (Å²) in [6.07, 6.45) is -1.55. The molecule has 1 rings (SSSR count). The average Bonchev–Trinajstić information content (AvgIpc) is 2.27. The van der Waals surface area contributed by atoms with Gasteiger partial charge in [-0.3, -0.25) is 0 Å². The van der Waals surface area contributed by atoms with Crippen LogP contribution in [0.3, 0.4) is 0 Å². The number of hydrogen-bond acceptors (Lipinski definition) is 2. The van der Waals surface area contributed by atoms with Crippen molar-refractivity contribution in [3.8, 4) is 0 Å². The predicted octanol–water partition coefficient (Wildman–Crippen LogP) is 2.80. The fraction of sp³-hybridized carbons (Fsp3) is 0.500. The lowest BCUT2D eigenvalue weighted by molar-refractivity contribution is 0.156. The first-order valence-corrected chi connectivity index (χ1v) is 5.40. The van der Waals surface area contributed by atoms with Gasteiger partial charge < -0.3 is 10.6 Å². The Kier molecular flexibility index (Phi) is 4.68. The number of halogens is 2. The Balaban J connectivity index is 2.93. The van der Waals surface area contributed by atoms with Crippen LogP contribution in [-0.2, 0) is 0 Å². The molecule has 0 heterocycles. The molecule has 1 atom stereocenters. The van der Waals surface area contributed by atoms with Crippen molar-refractivity contribution in [2.75, 3.05) is 18.5 Å². The number of rotatable bonds is 5. The first kappa shape index (κ1) is 12.9. The van der Waals surface area contributed by atoms with Crippen LogP contribution in [0.25, 0.3) is 0 Å². The lowest BCUT2D eigenvalue weighted by atomic mass is 10.0. The molecular weight excluding hydrogens is 210 g/mol. The van der Waals surface area contributed by atoms with Gasteiger partial charge >= 0.3 is 0 Å². The Morgan fingerprint density at radius 1 is 1.31 bits per heavy atom. The third-order valence-electron chi connectivity index (χ3n) is 2.60. The first-order chi connectivity index (χ1) is 7.56. The molecule has 1 aromatic carbocycles. The molecule has 0 radical (unpaired) electrons. The van der Waals surface area contributed by atoms with E-state index < -0.39 is 6.43 Å². The highest BCUT2D eigenvalue weighted by Crippen LogP contribution is 2.26. The minimum Gasteiger partial charge on any atom is -0.369 e. The second-order valence-electron chi connectivity index (χ2n) is 3.85. The van der Waals surface area contributed by atoms with Crippen molar-refractivity contribution < 1.29 is 8.78 Å². The molecule has 0 aliphatic rings. The van der Waals surface area contributed by atoms with Crippen LogP contribution in [0.4, 0.5) is 14.5 Å². The summed E-state index contributed by atoms with van der Waals surface area (Å²) < 4.78 is 24.6. The van der Waals surface area contributed by atoms with Gasteiger partial charge in [0.1, 0.15) is 0 Å². The topological polar surface area (TPSA) is 29.3 Å². The second-order valence-corrected chi connectivity index (χ2v) is 3.85. The summed E-state index contributed by atoms with van der Waals surface area (Å²) in [5.74, 6) is 0. The fourth-order valence-electron chi connectivity index (χ4n) is 1.67. The summed E-state index contributed by atoms with van der Waals surface area (Å²) in [6, 6.07) is 7.34. The van der Waals surface area contributed by atoms with Gasteiger partial charge in [-0.05, 0) is 18.1 Å². The van der Waals surface area contributed by atoms with Crippen LogP contribution in [0.5, 0.6) is 0 Å². The highest BCUT2D eigenvalue weighted by Gasteiger charge is 2.14. The maximum Gasteiger partial charge on any atom is 0.255 e. The van der Waals surface area contributed by atoms with Gasteiger partial charge in [-0.1, -0.05) is 25.1 Å². The fourth-order valence-corrected chi connectivity index (χ4v) is 1.67. The number of nitrogens with zero attached hydrogens (tertiary/aromatic N) is 1. The van der Waals surface area contributed by atoms with E-state index in [0.29, 0.717) is 0 Å². The van der Waals surface area contributed by atoms with Crippen LogP contribution >= 0.6 is 0 Å². The van der Waals surface area contributed by atoms with Crippen LogP contribution in [0.2, 0.25) is 0 Å². The largest absolute Gasteiger partial charge is 0.369 e. The molecular formula is C12H18F2N2. The van der Waals surface area contributed by atoms with Gasteiger partial charge in [0, 0.05) is 18.8 Å². The van der Waals surface area contributed by atoms with Crippen LogP contribution in [0.1, 0.15) is 24.9 Å². The van der Waals surface area contributed by atoms with Gasteiger partial charge in [-0.15, -0.1) is 0 Å². The molecule has 0 aliphatic heterocycles. The smallest absolute Gasteiger partial charge is 0.255 e. The number of nitrogens with two attached hydrogens (primary N) is 1. The van der Waals surface area contributed by atoms with E-state index in [4.69, 9.17) is 5.73 Å². The minimum atomic E-state index is -2.34. The average molecular weight is 228 g/mol. The highest BCUT2D eigenvalue weighted by atomic mass is 19.3. The van der Waals surface area contributed by atoms with Crippen LogP contribution in [0.15, 0.2) is 24.3 Å². The number of alkyl halides is 2. The molecule has 0 saturated heterocycles. The molecule has 0 bridgehead atoms. The SMILES string of the molecule is CC[C@H](N)c1ccccc1N(C)CC(F)F. The molecule has 4 heteroatoms. The van der Waals surface area contributed by atoms with Gasteiger partial charge in [-0.2, -0.15) is 0 Å². The normalized spacial score (nSPS) is 12.9. The summed E-state index contributed by atoms with van der Waals surface area (Å²) >= 11 is 0. The van der Waals surface area contributed by atoms with E-state index in [2.05, 4.69) is 0 Å². The van der Waals surface area contributed by atoms with Crippen molar-refractivity contribution in [3.05, 3.63) is 29.8 Å². The van der Waals surface area contributed by atoms with Gasteiger partial charge in [0.05, 0.1) is 6.54 Å². The standard InChI is InChI=1S/C12H18F2N2/c1-3-10(15)9-6-4-5-7-11(9)16(2)8-12(13)14/h4-7,10,12H,3,8,15H2,1-2H3/t10-/m0/s1. The molecule has 16 heavy (non-hydrogen) atoms. The molecule has 0 amide bonds. The lowest BCUT2D eigenvalue weighted by Gasteiger charge is -2.24. The Bertz CT molecular complexity index is 329. The summed E-state index contributed by atoms with van der Waals surface area (Å²) in [6.45, 7) is 1.71. The van der Waals surface area contributed by atoms with Crippen molar-refractivity contribution >= 4 is 5.69 Å². The quantitative estimate of drug-likeness (QED) is 0.839. The van der Waals surface area contributed by atoms with E-state index in [0.717, 1.165) is 17.7 Å². The van der Waals surface area contributed by atoms with Crippen molar-refractivity contribution in [2.45, 2.75) is 25.8 Å². The third-order valence-corrected chi connectivity index (χ3v) is 2.60. The molecule has 90 valence electrons. The maximum absolute atomic E-state index is 12.3. The van der Waals surface area contributed by atoms with Gasteiger partial charge in [0.15, 0.2) is 0 Å². The van der Waals surface area contributed by atoms with E-state index in [1.54, 1.807) is 11.9 Å². The molecule has 0 fully saturated rings. The lowest BCUT2D eigenvalue weighted by Crippen LogP contribution is -2.26. The van der Waals surface area contributed by atoms with E-state index >= 15 is 0 Å². The van der Waals surface area contributed by atoms with Gasteiger partial charge in [0.2, 0.25) is 0 Å². The van der Waals surface area contributed by atoms with Crippen molar-refractivity contribution in [1.82, 2.24) is 0 Å². The van der Waals surface area contributed by atoms with Gasteiger partial charge in [-0.25, -0.2) is 8.78 Å². The molecule has 2 nitrogen and oxygen atoms in total. The summed E-state index contributed by atoms with van der Waals surface area (Å²) in [4.78, 5) is 1.55. The summed E-state index contributed by atoms with van der Waals surface area (Å²) in [7, 11) is 1.66. The van der Waals surface area contributed by atoms with Crippen molar-refractivity contribution in [2.24, 2.45) is 5.73 Å². The summed E-state index contributed by atoms with van der Waals surface area (Å²) in [5.41, 5.74) is 7.66. The number of anilines is 1. The number of hydrogen-bond donors (Lipinski definition) is 1. The van der Waals surface area contributed by atoms with Crippen LogP contribution < -0.4 is 10.6 Å². The molecule has 0 saturated carbocycles. The van der Waals surface area contributed by atoms with Crippen LogP contribution in [-0.4, -0.2) is 20.0 Å².